The zero-order chi connectivity index (χ0) is 16.9. The average molecular weight is 319 g/mol. The molecule has 0 aromatic heterocycles. The molecule has 5 heteroatoms. The van der Waals surface area contributed by atoms with Crippen molar-refractivity contribution in [2.24, 2.45) is 11.3 Å². The molecule has 0 saturated heterocycles. The lowest BCUT2D eigenvalue weighted by atomic mass is 9.66. The Kier molecular flexibility index (Phi) is 5.64. The molecule has 1 aliphatic carbocycles. The van der Waals surface area contributed by atoms with Gasteiger partial charge in [0.1, 0.15) is 5.75 Å². The molecule has 1 aliphatic rings. The van der Waals surface area contributed by atoms with E-state index in [1.807, 2.05) is 12.1 Å². The van der Waals surface area contributed by atoms with Crippen molar-refractivity contribution in [3.63, 3.8) is 0 Å². The van der Waals surface area contributed by atoms with E-state index in [4.69, 9.17) is 4.74 Å². The summed E-state index contributed by atoms with van der Waals surface area (Å²) in [6, 6.07) is 7.21. The van der Waals surface area contributed by atoms with Gasteiger partial charge in [0.05, 0.1) is 12.0 Å². The first-order valence-corrected chi connectivity index (χ1v) is 8.17. The van der Waals surface area contributed by atoms with Gasteiger partial charge in [-0.3, -0.25) is 9.59 Å². The standard InChI is InChI=1S/C18H25NO4/c1-13(2)7-10-23-15-6-3-5-14(11-15)19-16(20)12-18(17(21)22)8-4-9-18/h3,5-6,11,13H,4,7-10,12H2,1-2H3,(H,19,20)(H,21,22). The molecule has 1 fully saturated rings. The number of carboxylic acids is 1. The molecule has 23 heavy (non-hydrogen) atoms. The molecule has 1 aromatic carbocycles. The van der Waals surface area contributed by atoms with Crippen molar-refractivity contribution in [2.75, 3.05) is 11.9 Å². The van der Waals surface area contributed by atoms with Crippen LogP contribution in [0.25, 0.3) is 0 Å². The minimum atomic E-state index is -0.871. The van der Waals surface area contributed by atoms with E-state index in [0.29, 0.717) is 36.8 Å². The van der Waals surface area contributed by atoms with Crippen LogP contribution in [0.15, 0.2) is 24.3 Å². The first kappa shape index (κ1) is 17.3. The Morgan fingerprint density at radius 3 is 2.65 bits per heavy atom. The molecular weight excluding hydrogens is 294 g/mol. The molecule has 0 radical (unpaired) electrons. The smallest absolute Gasteiger partial charge is 0.310 e. The third-order valence-electron chi connectivity index (χ3n) is 4.35. The molecule has 2 N–H and O–H groups in total. The minimum absolute atomic E-state index is 0.0285. The van der Waals surface area contributed by atoms with Gasteiger partial charge in [0.15, 0.2) is 0 Å². The molecule has 1 amide bonds. The number of carbonyl (C=O) groups excluding carboxylic acids is 1. The van der Waals surface area contributed by atoms with E-state index < -0.39 is 11.4 Å². The number of amides is 1. The summed E-state index contributed by atoms with van der Waals surface area (Å²) in [5, 5.41) is 12.1. The van der Waals surface area contributed by atoms with Crippen LogP contribution in [0.2, 0.25) is 0 Å². The SMILES string of the molecule is CC(C)CCOc1cccc(NC(=O)CC2(C(=O)O)CCC2)c1. The molecule has 1 saturated carbocycles. The van der Waals surface area contributed by atoms with Crippen molar-refractivity contribution in [1.82, 2.24) is 0 Å². The van der Waals surface area contributed by atoms with Crippen LogP contribution in [-0.4, -0.2) is 23.6 Å². The molecule has 0 heterocycles. The molecule has 5 nitrogen and oxygen atoms in total. The Hall–Kier alpha value is -2.04. The van der Waals surface area contributed by atoms with Gasteiger partial charge in [-0.25, -0.2) is 0 Å². The summed E-state index contributed by atoms with van der Waals surface area (Å²) < 4.78 is 5.67. The molecule has 0 unspecified atom stereocenters. The Morgan fingerprint density at radius 1 is 1.35 bits per heavy atom. The van der Waals surface area contributed by atoms with Crippen LogP contribution in [0.4, 0.5) is 5.69 Å². The summed E-state index contributed by atoms with van der Waals surface area (Å²) in [4.78, 5) is 23.4. The van der Waals surface area contributed by atoms with Crippen LogP contribution in [0.5, 0.6) is 5.75 Å². The highest BCUT2D eigenvalue weighted by Crippen LogP contribution is 2.44. The van der Waals surface area contributed by atoms with E-state index in [1.54, 1.807) is 12.1 Å². The van der Waals surface area contributed by atoms with Crippen LogP contribution >= 0.6 is 0 Å². The molecule has 1 aromatic rings. The predicted octanol–water partition coefficient (Wildman–Crippen LogP) is 3.70. The second-order valence-corrected chi connectivity index (χ2v) is 6.72. The largest absolute Gasteiger partial charge is 0.494 e. The van der Waals surface area contributed by atoms with E-state index in [0.717, 1.165) is 12.8 Å². The van der Waals surface area contributed by atoms with E-state index in [9.17, 15) is 14.7 Å². The van der Waals surface area contributed by atoms with E-state index >= 15 is 0 Å². The van der Waals surface area contributed by atoms with Gasteiger partial charge in [-0.05, 0) is 37.3 Å². The maximum Gasteiger partial charge on any atom is 0.310 e. The fourth-order valence-corrected chi connectivity index (χ4v) is 2.66. The van der Waals surface area contributed by atoms with Gasteiger partial charge in [0.25, 0.3) is 0 Å². The summed E-state index contributed by atoms with van der Waals surface area (Å²) in [5.74, 6) is 0.156. The number of nitrogens with one attached hydrogen (secondary N) is 1. The topological polar surface area (TPSA) is 75.6 Å². The number of hydrogen-bond acceptors (Lipinski definition) is 3. The number of anilines is 1. The summed E-state index contributed by atoms with van der Waals surface area (Å²) in [6.45, 7) is 4.91. The zero-order valence-corrected chi connectivity index (χ0v) is 13.8. The molecule has 2 rings (SSSR count). The molecular formula is C18H25NO4. The van der Waals surface area contributed by atoms with Crippen LogP contribution in [0.3, 0.4) is 0 Å². The highest BCUT2D eigenvalue weighted by Gasteiger charge is 2.45. The van der Waals surface area contributed by atoms with E-state index in [1.165, 1.54) is 0 Å². The van der Waals surface area contributed by atoms with Gasteiger partial charge in [0, 0.05) is 18.2 Å². The molecule has 0 aliphatic heterocycles. The fourth-order valence-electron chi connectivity index (χ4n) is 2.66. The summed E-state index contributed by atoms with van der Waals surface area (Å²) in [7, 11) is 0. The Labute approximate surface area is 137 Å². The third-order valence-corrected chi connectivity index (χ3v) is 4.35. The number of carbonyl (C=O) groups is 2. The van der Waals surface area contributed by atoms with Crippen LogP contribution in [0, 0.1) is 11.3 Å². The molecule has 0 bridgehead atoms. The lowest BCUT2D eigenvalue weighted by Crippen LogP contribution is -2.41. The quantitative estimate of drug-likeness (QED) is 0.766. The lowest BCUT2D eigenvalue weighted by Gasteiger charge is -2.36. The zero-order valence-electron chi connectivity index (χ0n) is 13.8. The van der Waals surface area contributed by atoms with Crippen molar-refractivity contribution in [2.45, 2.75) is 46.0 Å². The van der Waals surface area contributed by atoms with Crippen molar-refractivity contribution >= 4 is 17.6 Å². The highest BCUT2D eigenvalue weighted by molar-refractivity contribution is 5.94. The van der Waals surface area contributed by atoms with Crippen LogP contribution in [0.1, 0.15) is 46.0 Å². The Balaban J connectivity index is 1.89. The Bertz CT molecular complexity index is 564. The van der Waals surface area contributed by atoms with Crippen molar-refractivity contribution < 1.29 is 19.4 Å². The monoisotopic (exact) mass is 319 g/mol. The molecule has 126 valence electrons. The van der Waals surface area contributed by atoms with Gasteiger partial charge in [-0.15, -0.1) is 0 Å². The van der Waals surface area contributed by atoms with Gasteiger partial charge in [0.2, 0.25) is 5.91 Å². The number of aliphatic carboxylic acids is 1. The van der Waals surface area contributed by atoms with Gasteiger partial charge in [-0.1, -0.05) is 26.3 Å². The summed E-state index contributed by atoms with van der Waals surface area (Å²) in [6.07, 6.45) is 3.03. The van der Waals surface area contributed by atoms with Crippen LogP contribution < -0.4 is 10.1 Å². The van der Waals surface area contributed by atoms with E-state index in [2.05, 4.69) is 19.2 Å². The number of rotatable bonds is 8. The average Bonchev–Trinajstić information content (AvgIpc) is 2.42. The second-order valence-electron chi connectivity index (χ2n) is 6.72. The molecule has 0 spiro atoms. The van der Waals surface area contributed by atoms with E-state index in [-0.39, 0.29) is 12.3 Å². The number of hydrogen-bond donors (Lipinski definition) is 2. The number of ether oxygens (including phenoxy) is 1. The van der Waals surface area contributed by atoms with Crippen LogP contribution in [-0.2, 0) is 9.59 Å². The first-order valence-electron chi connectivity index (χ1n) is 8.17. The number of carboxylic acid groups (broad SMARTS) is 1. The second kappa shape index (κ2) is 7.49. The van der Waals surface area contributed by atoms with Crippen molar-refractivity contribution in [3.05, 3.63) is 24.3 Å². The first-order chi connectivity index (χ1) is 10.9. The van der Waals surface area contributed by atoms with Crippen molar-refractivity contribution in [3.8, 4) is 5.75 Å². The highest BCUT2D eigenvalue weighted by atomic mass is 16.5. The van der Waals surface area contributed by atoms with Gasteiger partial charge >= 0.3 is 5.97 Å². The Morgan fingerprint density at radius 2 is 2.09 bits per heavy atom. The normalized spacial score (nSPS) is 15.8. The minimum Gasteiger partial charge on any atom is -0.494 e. The predicted molar refractivity (Wildman–Crippen MR) is 88.6 cm³/mol. The summed E-state index contributed by atoms with van der Waals surface area (Å²) in [5.41, 5.74) is -0.230. The fraction of sp³-hybridized carbons (Fsp3) is 0.556. The third kappa shape index (κ3) is 4.71. The lowest BCUT2D eigenvalue weighted by molar-refractivity contribution is -0.157. The maximum atomic E-state index is 12.1. The number of benzene rings is 1. The molecule has 0 atom stereocenters. The maximum absolute atomic E-state index is 12.1. The van der Waals surface area contributed by atoms with Gasteiger partial charge < -0.3 is 15.2 Å². The van der Waals surface area contributed by atoms with Crippen molar-refractivity contribution in [1.29, 1.82) is 0 Å². The van der Waals surface area contributed by atoms with Gasteiger partial charge in [-0.2, -0.15) is 0 Å². The summed E-state index contributed by atoms with van der Waals surface area (Å²) >= 11 is 0.